The van der Waals surface area contributed by atoms with Crippen LogP contribution in [0.2, 0.25) is 0 Å². The minimum absolute atomic E-state index is 0.0836. The van der Waals surface area contributed by atoms with Crippen molar-refractivity contribution in [3.8, 4) is 0 Å². The molecule has 7 nitrogen and oxygen atoms in total. The van der Waals surface area contributed by atoms with Crippen LogP contribution in [-0.4, -0.2) is 39.4 Å². The van der Waals surface area contributed by atoms with E-state index in [9.17, 15) is 14.9 Å². The van der Waals surface area contributed by atoms with E-state index in [2.05, 4.69) is 4.98 Å². The van der Waals surface area contributed by atoms with Gasteiger partial charge < -0.3 is 9.84 Å². The summed E-state index contributed by atoms with van der Waals surface area (Å²) in [5, 5.41) is 20.1. The molecule has 1 N–H and O–H groups in total. The molecule has 96 valence electrons. The van der Waals surface area contributed by atoms with Crippen LogP contribution in [0.25, 0.3) is 0 Å². The molecule has 8 heteroatoms. The number of ether oxygens (including phenoxy) is 1. The molecule has 0 radical (unpaired) electrons. The minimum atomic E-state index is -1.33. The average molecular weight is 270 g/mol. The molecule has 18 heavy (non-hydrogen) atoms. The normalized spacial score (nSPS) is 18.8. The molecule has 1 fully saturated rings. The maximum absolute atomic E-state index is 11.0. The van der Waals surface area contributed by atoms with Gasteiger partial charge in [-0.2, -0.15) is 0 Å². The lowest BCUT2D eigenvalue weighted by atomic mass is 10.2. The molecule has 1 aliphatic heterocycles. The highest BCUT2D eigenvalue weighted by molar-refractivity contribution is 8.00. The van der Waals surface area contributed by atoms with E-state index < -0.39 is 16.6 Å². The lowest BCUT2D eigenvalue weighted by Gasteiger charge is -2.07. The van der Waals surface area contributed by atoms with Crippen LogP contribution in [0.1, 0.15) is 16.8 Å². The monoisotopic (exact) mass is 270 g/mol. The second-order valence-corrected chi connectivity index (χ2v) is 4.97. The SMILES string of the molecule is O=C(O)c1ccnc(SC2CCOC2)c1[N+](=O)[O-]. The largest absolute Gasteiger partial charge is 0.477 e. The number of nitro groups is 1. The van der Waals surface area contributed by atoms with Crippen LogP contribution >= 0.6 is 11.8 Å². The zero-order chi connectivity index (χ0) is 13.1. The molecular weight excluding hydrogens is 260 g/mol. The summed E-state index contributed by atoms with van der Waals surface area (Å²) in [6.45, 7) is 1.12. The molecule has 2 heterocycles. The molecule has 2 rings (SSSR count). The minimum Gasteiger partial charge on any atom is -0.477 e. The fourth-order valence-corrected chi connectivity index (χ4v) is 2.75. The Morgan fingerprint density at radius 2 is 2.44 bits per heavy atom. The van der Waals surface area contributed by atoms with Crippen LogP contribution in [0.15, 0.2) is 17.3 Å². The van der Waals surface area contributed by atoms with Crippen molar-refractivity contribution in [3.63, 3.8) is 0 Å². The first-order valence-corrected chi connectivity index (χ1v) is 6.08. The highest BCUT2D eigenvalue weighted by Gasteiger charge is 2.28. The van der Waals surface area contributed by atoms with Gasteiger partial charge in [0.15, 0.2) is 5.03 Å². The van der Waals surface area contributed by atoms with Gasteiger partial charge >= 0.3 is 11.7 Å². The Hall–Kier alpha value is -1.67. The predicted octanol–water partition coefficient (Wildman–Crippen LogP) is 1.57. The lowest BCUT2D eigenvalue weighted by Crippen LogP contribution is -2.07. The summed E-state index contributed by atoms with van der Waals surface area (Å²) >= 11 is 1.20. The Labute approximate surface area is 106 Å². The summed E-state index contributed by atoms with van der Waals surface area (Å²) in [6, 6.07) is 1.13. The van der Waals surface area contributed by atoms with E-state index in [4.69, 9.17) is 9.84 Å². The summed E-state index contributed by atoms with van der Waals surface area (Å²) in [6.07, 6.45) is 2.05. The summed E-state index contributed by atoms with van der Waals surface area (Å²) in [5.41, 5.74) is -0.779. The first-order valence-electron chi connectivity index (χ1n) is 5.20. The topological polar surface area (TPSA) is 103 Å². The third-order valence-electron chi connectivity index (χ3n) is 2.47. The summed E-state index contributed by atoms with van der Waals surface area (Å²) in [4.78, 5) is 25.1. The number of aromatic carboxylic acids is 1. The van der Waals surface area contributed by atoms with Crippen LogP contribution in [-0.2, 0) is 4.74 Å². The number of pyridine rings is 1. The van der Waals surface area contributed by atoms with Gasteiger partial charge in [0.2, 0.25) is 0 Å². The van der Waals surface area contributed by atoms with Crippen LogP contribution in [0.3, 0.4) is 0 Å². The zero-order valence-corrected chi connectivity index (χ0v) is 10.1. The van der Waals surface area contributed by atoms with Crippen molar-refractivity contribution in [1.82, 2.24) is 4.98 Å². The Kier molecular flexibility index (Phi) is 3.78. The lowest BCUT2D eigenvalue weighted by molar-refractivity contribution is -0.388. The average Bonchev–Trinajstić information content (AvgIpc) is 2.81. The number of hydrogen-bond donors (Lipinski definition) is 1. The van der Waals surface area contributed by atoms with Gasteiger partial charge in [-0.3, -0.25) is 10.1 Å². The van der Waals surface area contributed by atoms with E-state index in [1.807, 2.05) is 0 Å². The van der Waals surface area contributed by atoms with Crippen molar-refractivity contribution in [1.29, 1.82) is 0 Å². The number of rotatable bonds is 4. The molecule has 1 unspecified atom stereocenters. The van der Waals surface area contributed by atoms with Crippen LogP contribution in [0.4, 0.5) is 5.69 Å². The fraction of sp³-hybridized carbons (Fsp3) is 0.400. The standard InChI is InChI=1S/C10H10N2O5S/c13-10(14)7-1-3-11-9(8(7)12(15)16)18-6-2-4-17-5-6/h1,3,6H,2,4-5H2,(H,13,14). The van der Waals surface area contributed by atoms with Crippen molar-refractivity contribution in [2.45, 2.75) is 16.7 Å². The molecule has 1 saturated heterocycles. The molecular formula is C10H10N2O5S. The van der Waals surface area contributed by atoms with Crippen molar-refractivity contribution in [3.05, 3.63) is 27.9 Å². The Balaban J connectivity index is 2.36. The highest BCUT2D eigenvalue weighted by Crippen LogP contribution is 2.35. The molecule has 1 aromatic heterocycles. The Morgan fingerprint density at radius 3 is 3.00 bits per heavy atom. The maximum atomic E-state index is 11.0. The molecule has 0 aliphatic carbocycles. The van der Waals surface area contributed by atoms with Crippen molar-refractivity contribution < 1.29 is 19.6 Å². The van der Waals surface area contributed by atoms with Gasteiger partial charge in [-0.15, -0.1) is 0 Å². The van der Waals surface area contributed by atoms with Crippen molar-refractivity contribution in [2.24, 2.45) is 0 Å². The molecule has 1 atom stereocenters. The number of carboxylic acids is 1. The predicted molar refractivity (Wildman–Crippen MR) is 62.9 cm³/mol. The maximum Gasteiger partial charge on any atom is 0.342 e. The molecule has 1 aliphatic rings. The Bertz CT molecular complexity index is 487. The number of carboxylic acid groups (broad SMARTS) is 1. The van der Waals surface area contributed by atoms with Gasteiger partial charge in [-0.25, -0.2) is 9.78 Å². The van der Waals surface area contributed by atoms with Gasteiger partial charge in [0.05, 0.1) is 11.5 Å². The van der Waals surface area contributed by atoms with E-state index in [0.717, 1.165) is 12.5 Å². The van der Waals surface area contributed by atoms with Gasteiger partial charge in [-0.1, -0.05) is 11.8 Å². The van der Waals surface area contributed by atoms with E-state index in [1.54, 1.807) is 0 Å². The van der Waals surface area contributed by atoms with Crippen molar-refractivity contribution in [2.75, 3.05) is 13.2 Å². The smallest absolute Gasteiger partial charge is 0.342 e. The van der Waals surface area contributed by atoms with Crippen LogP contribution < -0.4 is 0 Å². The van der Waals surface area contributed by atoms with Crippen LogP contribution in [0, 0.1) is 10.1 Å². The third-order valence-corrected chi connectivity index (χ3v) is 3.70. The first-order chi connectivity index (χ1) is 8.59. The number of aromatic nitrogens is 1. The summed E-state index contributed by atoms with van der Waals surface area (Å²) < 4.78 is 5.17. The number of nitrogens with zero attached hydrogens (tertiary/aromatic N) is 2. The third kappa shape index (κ3) is 2.59. The van der Waals surface area contributed by atoms with E-state index >= 15 is 0 Å². The highest BCUT2D eigenvalue weighted by atomic mass is 32.2. The molecule has 0 spiro atoms. The molecule has 0 bridgehead atoms. The van der Waals surface area contributed by atoms with E-state index in [-0.39, 0.29) is 15.8 Å². The second kappa shape index (κ2) is 5.32. The molecule has 1 aromatic rings. The molecule has 0 aromatic carbocycles. The number of thioether (sulfide) groups is 1. The second-order valence-electron chi connectivity index (χ2n) is 3.68. The Morgan fingerprint density at radius 1 is 1.67 bits per heavy atom. The van der Waals surface area contributed by atoms with Gasteiger partial charge in [0.25, 0.3) is 0 Å². The van der Waals surface area contributed by atoms with Gasteiger partial charge in [0, 0.05) is 18.1 Å². The van der Waals surface area contributed by atoms with Gasteiger partial charge in [-0.05, 0) is 12.5 Å². The summed E-state index contributed by atoms with van der Waals surface area (Å²) in [5.74, 6) is -1.33. The summed E-state index contributed by atoms with van der Waals surface area (Å²) in [7, 11) is 0. The van der Waals surface area contributed by atoms with Gasteiger partial charge in [0.1, 0.15) is 5.56 Å². The molecule has 0 amide bonds. The molecule has 0 saturated carbocycles. The number of hydrogen-bond acceptors (Lipinski definition) is 6. The van der Waals surface area contributed by atoms with E-state index in [0.29, 0.717) is 13.2 Å². The fourth-order valence-electron chi connectivity index (χ4n) is 1.63. The van der Waals surface area contributed by atoms with Crippen molar-refractivity contribution >= 4 is 23.4 Å². The zero-order valence-electron chi connectivity index (χ0n) is 9.24. The van der Waals surface area contributed by atoms with Crippen LogP contribution in [0.5, 0.6) is 0 Å². The quantitative estimate of drug-likeness (QED) is 0.654. The first kappa shape index (κ1) is 12.8. The van der Waals surface area contributed by atoms with E-state index in [1.165, 1.54) is 18.0 Å². The number of carbonyl (C=O) groups is 1.